The van der Waals surface area contributed by atoms with Crippen molar-refractivity contribution in [2.75, 3.05) is 0 Å². The topological polar surface area (TPSA) is 38.9 Å². The molecule has 3 unspecified atom stereocenters. The van der Waals surface area contributed by atoms with Gasteiger partial charge < -0.3 is 5.73 Å². The summed E-state index contributed by atoms with van der Waals surface area (Å²) in [4.78, 5) is 4.31. The summed E-state index contributed by atoms with van der Waals surface area (Å²) in [7, 11) is 0. The Morgan fingerprint density at radius 2 is 2.00 bits per heavy atom. The SMILES string of the molecule is CCc1ccc(CC(N)C2CCCCC2C(F)(F)F)nc1. The summed E-state index contributed by atoms with van der Waals surface area (Å²) in [6.07, 6.45) is 1.23. The van der Waals surface area contributed by atoms with E-state index in [9.17, 15) is 13.2 Å². The molecule has 1 heterocycles. The number of nitrogens with two attached hydrogens (primary N) is 1. The number of aryl methyl sites for hydroxylation is 1. The van der Waals surface area contributed by atoms with Crippen LogP contribution < -0.4 is 5.73 Å². The first-order valence-electron chi connectivity index (χ1n) is 7.68. The molecule has 1 fully saturated rings. The van der Waals surface area contributed by atoms with Crippen molar-refractivity contribution in [1.82, 2.24) is 4.98 Å². The van der Waals surface area contributed by atoms with E-state index in [2.05, 4.69) is 4.98 Å². The maximum atomic E-state index is 13.1. The average Bonchev–Trinajstić information content (AvgIpc) is 2.47. The molecule has 1 aliphatic rings. The lowest BCUT2D eigenvalue weighted by Crippen LogP contribution is -2.44. The van der Waals surface area contributed by atoms with Gasteiger partial charge in [0.2, 0.25) is 0 Å². The van der Waals surface area contributed by atoms with E-state index < -0.39 is 24.1 Å². The van der Waals surface area contributed by atoms with Crippen molar-refractivity contribution in [3.05, 3.63) is 29.6 Å². The smallest absolute Gasteiger partial charge is 0.327 e. The van der Waals surface area contributed by atoms with Gasteiger partial charge in [-0.1, -0.05) is 25.8 Å². The van der Waals surface area contributed by atoms with Crippen LogP contribution in [0.5, 0.6) is 0 Å². The average molecular weight is 300 g/mol. The Hall–Kier alpha value is -1.10. The van der Waals surface area contributed by atoms with Crippen LogP contribution in [0.3, 0.4) is 0 Å². The highest BCUT2D eigenvalue weighted by molar-refractivity contribution is 5.15. The van der Waals surface area contributed by atoms with Gasteiger partial charge in [0.25, 0.3) is 0 Å². The molecule has 0 bridgehead atoms. The lowest BCUT2D eigenvalue weighted by molar-refractivity contribution is -0.198. The van der Waals surface area contributed by atoms with Crippen LogP contribution in [0.15, 0.2) is 18.3 Å². The molecule has 1 aromatic heterocycles. The third kappa shape index (κ3) is 4.19. The van der Waals surface area contributed by atoms with E-state index in [0.717, 1.165) is 24.1 Å². The molecule has 1 aromatic rings. The van der Waals surface area contributed by atoms with Crippen LogP contribution in [-0.2, 0) is 12.8 Å². The van der Waals surface area contributed by atoms with Gasteiger partial charge in [0.05, 0.1) is 5.92 Å². The molecule has 21 heavy (non-hydrogen) atoms. The van der Waals surface area contributed by atoms with Gasteiger partial charge in [-0.15, -0.1) is 0 Å². The monoisotopic (exact) mass is 300 g/mol. The van der Waals surface area contributed by atoms with Gasteiger partial charge in [-0.2, -0.15) is 13.2 Å². The van der Waals surface area contributed by atoms with Crippen molar-refractivity contribution in [3.8, 4) is 0 Å². The van der Waals surface area contributed by atoms with Crippen LogP contribution in [-0.4, -0.2) is 17.2 Å². The standard InChI is InChI=1S/C16H23F3N2/c1-2-11-7-8-12(21-10-11)9-15(20)13-5-3-4-6-14(13)16(17,18)19/h7-8,10,13-15H,2-6,9,20H2,1H3. The minimum atomic E-state index is -4.14. The van der Waals surface area contributed by atoms with Gasteiger partial charge >= 0.3 is 6.18 Å². The summed E-state index contributed by atoms with van der Waals surface area (Å²) in [5.41, 5.74) is 8.00. The number of nitrogens with zero attached hydrogens (tertiary/aromatic N) is 1. The summed E-state index contributed by atoms with van der Waals surface area (Å²) < 4.78 is 39.4. The number of halogens is 3. The van der Waals surface area contributed by atoms with E-state index in [4.69, 9.17) is 5.73 Å². The minimum absolute atomic E-state index is 0.212. The number of alkyl halides is 3. The predicted octanol–water partition coefficient (Wildman–Crippen LogP) is 3.88. The number of aromatic nitrogens is 1. The van der Waals surface area contributed by atoms with E-state index >= 15 is 0 Å². The highest BCUT2D eigenvalue weighted by Crippen LogP contribution is 2.42. The predicted molar refractivity (Wildman–Crippen MR) is 76.8 cm³/mol. The Morgan fingerprint density at radius 3 is 2.57 bits per heavy atom. The van der Waals surface area contributed by atoms with Gasteiger partial charge in [-0.05, 0) is 36.8 Å². The lowest BCUT2D eigenvalue weighted by Gasteiger charge is -2.36. The summed E-state index contributed by atoms with van der Waals surface area (Å²) in [5, 5.41) is 0. The van der Waals surface area contributed by atoms with Gasteiger partial charge in [0, 0.05) is 24.4 Å². The molecule has 5 heteroatoms. The Kier molecular flexibility index (Phi) is 5.25. The minimum Gasteiger partial charge on any atom is -0.327 e. The molecule has 0 spiro atoms. The molecule has 2 rings (SSSR count). The quantitative estimate of drug-likeness (QED) is 0.916. The maximum Gasteiger partial charge on any atom is 0.392 e. The number of pyridine rings is 1. The Morgan fingerprint density at radius 1 is 1.29 bits per heavy atom. The summed E-state index contributed by atoms with van der Waals surface area (Å²) >= 11 is 0. The van der Waals surface area contributed by atoms with Crippen molar-refractivity contribution in [2.45, 2.75) is 57.7 Å². The molecule has 0 saturated heterocycles. The molecule has 0 radical (unpaired) electrons. The van der Waals surface area contributed by atoms with E-state index in [1.54, 1.807) is 6.20 Å². The first-order valence-corrected chi connectivity index (χ1v) is 7.68. The zero-order valence-corrected chi connectivity index (χ0v) is 12.4. The summed E-state index contributed by atoms with van der Waals surface area (Å²) in [5.74, 6) is -1.73. The number of hydrogen-bond donors (Lipinski definition) is 1. The Bertz CT molecular complexity index is 442. The molecule has 2 nitrogen and oxygen atoms in total. The fraction of sp³-hybridized carbons (Fsp3) is 0.688. The Balaban J connectivity index is 2.04. The summed E-state index contributed by atoms with van der Waals surface area (Å²) in [6, 6.07) is 3.37. The second kappa shape index (κ2) is 6.77. The van der Waals surface area contributed by atoms with Gasteiger partial charge in [-0.3, -0.25) is 4.98 Å². The molecule has 0 aliphatic heterocycles. The van der Waals surface area contributed by atoms with Crippen molar-refractivity contribution in [3.63, 3.8) is 0 Å². The third-order valence-electron chi connectivity index (χ3n) is 4.53. The van der Waals surface area contributed by atoms with E-state index in [-0.39, 0.29) is 6.42 Å². The first-order chi connectivity index (χ1) is 9.91. The van der Waals surface area contributed by atoms with Crippen LogP contribution in [0.4, 0.5) is 13.2 Å². The largest absolute Gasteiger partial charge is 0.392 e. The molecule has 118 valence electrons. The van der Waals surface area contributed by atoms with Crippen molar-refractivity contribution >= 4 is 0 Å². The van der Waals surface area contributed by atoms with Crippen LogP contribution in [0.1, 0.15) is 43.9 Å². The van der Waals surface area contributed by atoms with Crippen LogP contribution in [0.2, 0.25) is 0 Å². The van der Waals surface area contributed by atoms with Crippen LogP contribution in [0, 0.1) is 11.8 Å². The second-order valence-corrected chi connectivity index (χ2v) is 5.98. The van der Waals surface area contributed by atoms with E-state index in [0.29, 0.717) is 19.3 Å². The maximum absolute atomic E-state index is 13.1. The first kappa shape index (κ1) is 16.3. The fourth-order valence-corrected chi connectivity index (χ4v) is 3.26. The Labute approximate surface area is 123 Å². The number of hydrogen-bond acceptors (Lipinski definition) is 2. The highest BCUT2D eigenvalue weighted by Gasteiger charge is 2.47. The lowest BCUT2D eigenvalue weighted by atomic mass is 9.74. The highest BCUT2D eigenvalue weighted by atomic mass is 19.4. The van der Waals surface area contributed by atoms with Crippen LogP contribution >= 0.6 is 0 Å². The molecule has 0 aromatic carbocycles. The second-order valence-electron chi connectivity index (χ2n) is 5.98. The fourth-order valence-electron chi connectivity index (χ4n) is 3.26. The zero-order valence-electron chi connectivity index (χ0n) is 12.4. The van der Waals surface area contributed by atoms with Crippen molar-refractivity contribution < 1.29 is 13.2 Å². The van der Waals surface area contributed by atoms with E-state index in [1.807, 2.05) is 19.1 Å². The van der Waals surface area contributed by atoms with Crippen molar-refractivity contribution in [2.24, 2.45) is 17.6 Å². The van der Waals surface area contributed by atoms with Crippen LogP contribution in [0.25, 0.3) is 0 Å². The van der Waals surface area contributed by atoms with Crippen molar-refractivity contribution in [1.29, 1.82) is 0 Å². The number of rotatable bonds is 4. The molecule has 1 saturated carbocycles. The molecular weight excluding hydrogens is 277 g/mol. The third-order valence-corrected chi connectivity index (χ3v) is 4.53. The zero-order chi connectivity index (χ0) is 15.5. The molecule has 3 atom stereocenters. The molecule has 0 amide bonds. The molecule has 2 N–H and O–H groups in total. The van der Waals surface area contributed by atoms with Gasteiger partial charge in [0.15, 0.2) is 0 Å². The van der Waals surface area contributed by atoms with E-state index in [1.165, 1.54) is 0 Å². The normalized spacial score (nSPS) is 24.8. The summed E-state index contributed by atoms with van der Waals surface area (Å²) in [6.45, 7) is 2.04. The molecule has 1 aliphatic carbocycles. The van der Waals surface area contributed by atoms with Gasteiger partial charge in [-0.25, -0.2) is 0 Å². The van der Waals surface area contributed by atoms with Gasteiger partial charge in [0.1, 0.15) is 0 Å². The molecular formula is C16H23F3N2.